The number of hydrogen-bond donors (Lipinski definition) is 0. The summed E-state index contributed by atoms with van der Waals surface area (Å²) in [7, 11) is 3.18. The fraction of sp³-hybridized carbons (Fsp3) is 0.368. The molecule has 0 saturated carbocycles. The molecule has 1 aliphatic heterocycles. The van der Waals surface area contributed by atoms with Crippen LogP contribution in [0.2, 0.25) is 10.0 Å². The molecule has 1 aliphatic rings. The quantitative estimate of drug-likeness (QED) is 0.0606. The van der Waals surface area contributed by atoms with E-state index in [1.165, 1.54) is 0 Å². The third-order valence-electron chi connectivity index (χ3n) is 8.34. The standard InChI is InChI=1S/C38H41Cl4NO6/c1-44-33-15-9-27(19-31(33)39)24-48-35-21-43(38(41)42)22-36(49-25-28-10-16-34(45-2)32(40)20-28)37(35)29-11-13-30(14-12-29)47-18-6-17-46-23-26-7-4-3-5-8-26/h3-5,7-16,19-20,35-38H,6,17-18,21-25H2,1-2H3/t35-,36+,37?. The number of likely N-dealkylation sites (tertiary alicyclic amines) is 1. The molecule has 0 N–H and O–H groups in total. The first-order valence-electron chi connectivity index (χ1n) is 16.1. The zero-order chi connectivity index (χ0) is 34.6. The monoisotopic (exact) mass is 747 g/mol. The Morgan fingerprint density at radius 3 is 1.76 bits per heavy atom. The molecule has 0 aromatic heterocycles. The van der Waals surface area contributed by atoms with Crippen molar-refractivity contribution in [2.45, 2.75) is 49.3 Å². The fourth-order valence-corrected chi connectivity index (χ4v) is 6.69. The fourth-order valence-electron chi connectivity index (χ4n) is 5.81. The molecule has 5 rings (SSSR count). The van der Waals surface area contributed by atoms with Crippen LogP contribution in [0.5, 0.6) is 17.2 Å². The molecule has 0 aliphatic carbocycles. The third kappa shape index (κ3) is 10.9. The minimum atomic E-state index is -0.739. The number of piperidine rings is 1. The van der Waals surface area contributed by atoms with Crippen molar-refractivity contribution in [2.24, 2.45) is 0 Å². The normalized spacial score (nSPS) is 18.1. The van der Waals surface area contributed by atoms with E-state index < -0.39 is 4.96 Å². The van der Waals surface area contributed by atoms with Crippen LogP contribution >= 0.6 is 46.4 Å². The molecule has 3 atom stereocenters. The smallest absolute Gasteiger partial charge is 0.160 e. The molecular formula is C38H41Cl4NO6. The van der Waals surface area contributed by atoms with Crippen molar-refractivity contribution < 1.29 is 28.4 Å². The third-order valence-corrected chi connectivity index (χ3v) is 9.49. The van der Waals surface area contributed by atoms with Crippen LogP contribution in [0.4, 0.5) is 0 Å². The second-order valence-corrected chi connectivity index (χ2v) is 13.6. The molecule has 0 bridgehead atoms. The summed E-state index contributed by atoms with van der Waals surface area (Å²) in [6, 6.07) is 29.5. The first kappa shape index (κ1) is 37.5. The lowest BCUT2D eigenvalue weighted by molar-refractivity contribution is -0.0985. The van der Waals surface area contributed by atoms with Gasteiger partial charge in [-0.2, -0.15) is 0 Å². The van der Waals surface area contributed by atoms with Crippen molar-refractivity contribution in [3.05, 3.63) is 123 Å². The van der Waals surface area contributed by atoms with Gasteiger partial charge in [0.05, 0.1) is 69.5 Å². The summed E-state index contributed by atoms with van der Waals surface area (Å²) in [4.78, 5) is 1.21. The molecule has 11 heteroatoms. The SMILES string of the molecule is COc1ccc(CO[C@H]2CN(C(Cl)Cl)C[C@@H](OCc3ccc(OC)c(Cl)c3)C2c2ccc(OCCCOCc3ccccc3)cc2)cc1Cl. The lowest BCUT2D eigenvalue weighted by atomic mass is 9.84. The van der Waals surface area contributed by atoms with Gasteiger partial charge < -0.3 is 28.4 Å². The van der Waals surface area contributed by atoms with Gasteiger partial charge in [-0.15, -0.1) is 0 Å². The van der Waals surface area contributed by atoms with E-state index in [-0.39, 0.29) is 18.1 Å². The number of ether oxygens (including phenoxy) is 6. The molecule has 0 spiro atoms. The Hall–Kier alpha value is -2.72. The highest BCUT2D eigenvalue weighted by atomic mass is 35.5. The van der Waals surface area contributed by atoms with Crippen LogP contribution in [0.25, 0.3) is 0 Å². The Labute approximate surface area is 308 Å². The van der Waals surface area contributed by atoms with Gasteiger partial charge in [0.25, 0.3) is 0 Å². The van der Waals surface area contributed by atoms with Crippen molar-refractivity contribution in [3.63, 3.8) is 0 Å². The van der Waals surface area contributed by atoms with Crippen molar-refractivity contribution >= 4 is 46.4 Å². The summed E-state index contributed by atoms with van der Waals surface area (Å²) in [5.41, 5.74) is 4.03. The van der Waals surface area contributed by atoms with E-state index in [1.54, 1.807) is 14.2 Å². The number of alkyl halides is 2. The van der Waals surface area contributed by atoms with Crippen molar-refractivity contribution in [1.82, 2.24) is 4.90 Å². The molecule has 1 heterocycles. The van der Waals surface area contributed by atoms with E-state index in [9.17, 15) is 0 Å². The summed E-state index contributed by atoms with van der Waals surface area (Å²) in [6.07, 6.45) is 0.155. The molecule has 49 heavy (non-hydrogen) atoms. The first-order chi connectivity index (χ1) is 23.8. The summed E-state index contributed by atoms with van der Waals surface area (Å²) < 4.78 is 35.7. The van der Waals surface area contributed by atoms with Gasteiger partial charge in [0, 0.05) is 25.4 Å². The summed E-state index contributed by atoms with van der Waals surface area (Å²) in [5, 5.41) is 1.04. The van der Waals surface area contributed by atoms with Crippen LogP contribution in [0.15, 0.2) is 91.0 Å². The van der Waals surface area contributed by atoms with E-state index in [0.29, 0.717) is 67.7 Å². The zero-order valence-electron chi connectivity index (χ0n) is 27.5. The Bertz CT molecular complexity index is 1530. The van der Waals surface area contributed by atoms with Gasteiger partial charge >= 0.3 is 0 Å². The van der Waals surface area contributed by atoms with Crippen molar-refractivity contribution in [1.29, 1.82) is 0 Å². The Morgan fingerprint density at radius 2 is 1.24 bits per heavy atom. The van der Waals surface area contributed by atoms with Crippen LogP contribution in [0.1, 0.15) is 34.6 Å². The molecule has 1 unspecified atom stereocenters. The van der Waals surface area contributed by atoms with E-state index >= 15 is 0 Å². The number of hydrogen-bond acceptors (Lipinski definition) is 7. The van der Waals surface area contributed by atoms with Crippen molar-refractivity contribution in [2.75, 3.05) is 40.5 Å². The summed E-state index contributed by atoms with van der Waals surface area (Å²) in [6.45, 7) is 3.40. The second kappa shape index (κ2) is 19.0. The summed E-state index contributed by atoms with van der Waals surface area (Å²) in [5.74, 6) is 1.84. The van der Waals surface area contributed by atoms with Gasteiger partial charge in [0.1, 0.15) is 17.2 Å². The van der Waals surface area contributed by atoms with Gasteiger partial charge in [-0.1, -0.05) is 101 Å². The molecule has 7 nitrogen and oxygen atoms in total. The van der Waals surface area contributed by atoms with E-state index in [0.717, 1.165) is 34.4 Å². The maximum absolute atomic E-state index is 6.62. The van der Waals surface area contributed by atoms with E-state index in [4.69, 9.17) is 74.8 Å². The Kier molecular flexibility index (Phi) is 14.6. The van der Waals surface area contributed by atoms with Crippen LogP contribution in [0.3, 0.4) is 0 Å². The van der Waals surface area contributed by atoms with Crippen LogP contribution in [-0.2, 0) is 34.0 Å². The average Bonchev–Trinajstić information content (AvgIpc) is 3.12. The van der Waals surface area contributed by atoms with Crippen LogP contribution in [-0.4, -0.2) is 62.6 Å². The van der Waals surface area contributed by atoms with Crippen molar-refractivity contribution in [3.8, 4) is 17.2 Å². The van der Waals surface area contributed by atoms with Gasteiger partial charge in [-0.3, -0.25) is 4.90 Å². The zero-order valence-corrected chi connectivity index (χ0v) is 30.6. The minimum Gasteiger partial charge on any atom is -0.495 e. The molecular weight excluding hydrogens is 708 g/mol. The number of halogens is 4. The first-order valence-corrected chi connectivity index (χ1v) is 17.7. The maximum atomic E-state index is 6.62. The summed E-state index contributed by atoms with van der Waals surface area (Å²) >= 11 is 25.7. The number of benzene rings is 4. The molecule has 262 valence electrons. The van der Waals surface area contributed by atoms with Crippen LogP contribution in [0, 0.1) is 0 Å². The number of rotatable bonds is 17. The van der Waals surface area contributed by atoms with Gasteiger partial charge in [-0.05, 0) is 58.7 Å². The topological polar surface area (TPSA) is 58.6 Å². The molecule has 0 radical (unpaired) electrons. The largest absolute Gasteiger partial charge is 0.495 e. The Balaban J connectivity index is 1.29. The number of nitrogens with zero attached hydrogens (tertiary/aromatic N) is 1. The van der Waals surface area contributed by atoms with E-state index in [1.807, 2.05) is 71.6 Å². The van der Waals surface area contributed by atoms with E-state index in [2.05, 4.69) is 24.3 Å². The van der Waals surface area contributed by atoms with Gasteiger partial charge in [-0.25, -0.2) is 0 Å². The molecule has 4 aromatic rings. The average molecular weight is 750 g/mol. The predicted octanol–water partition coefficient (Wildman–Crippen LogP) is 9.33. The predicted molar refractivity (Wildman–Crippen MR) is 196 cm³/mol. The molecule has 4 aromatic carbocycles. The molecule has 1 saturated heterocycles. The maximum Gasteiger partial charge on any atom is 0.160 e. The number of methoxy groups -OCH3 is 2. The molecule has 1 fully saturated rings. The lowest BCUT2D eigenvalue weighted by Crippen LogP contribution is -2.53. The highest BCUT2D eigenvalue weighted by Crippen LogP contribution is 2.37. The van der Waals surface area contributed by atoms with Gasteiger partial charge in [0.2, 0.25) is 0 Å². The highest BCUT2D eigenvalue weighted by Gasteiger charge is 2.41. The Morgan fingerprint density at radius 1 is 0.673 bits per heavy atom. The lowest BCUT2D eigenvalue weighted by Gasteiger charge is -2.44. The van der Waals surface area contributed by atoms with Crippen LogP contribution < -0.4 is 14.2 Å². The highest BCUT2D eigenvalue weighted by molar-refractivity contribution is 6.43. The molecule has 0 amide bonds. The second-order valence-electron chi connectivity index (χ2n) is 11.7. The minimum absolute atomic E-state index is 0.147. The van der Waals surface area contributed by atoms with Gasteiger partial charge in [0.15, 0.2) is 4.96 Å².